The van der Waals surface area contributed by atoms with E-state index in [0.29, 0.717) is 19.4 Å². The number of aliphatic hydroxyl groups is 2. The number of ether oxygens (including phenoxy) is 1. The molecule has 0 aliphatic rings. The van der Waals surface area contributed by atoms with Crippen molar-refractivity contribution in [2.75, 3.05) is 13.2 Å². The summed E-state index contributed by atoms with van der Waals surface area (Å²) in [5.41, 5.74) is 0. The summed E-state index contributed by atoms with van der Waals surface area (Å²) >= 11 is 0. The largest absolute Gasteiger partial charge is 0.466 e. The number of aliphatic hydroxyl groups excluding tert-OH is 2. The number of esters is 1. The molecular weight excluding hydrogens is 971 g/mol. The standard InChI is InChI=1S/C73H141NO5/c1-3-5-7-9-11-13-15-16-17-18-19-30-33-36-39-42-46-49-53-57-61-65-71(76)70(69-75)74-72(77)66-62-58-54-50-47-43-40-37-34-31-28-26-24-22-20-21-23-25-27-29-32-35-38-41-44-48-52-56-60-64-68-79-73(78)67-63-59-55-51-45-14-12-10-8-6-4-2/h10,12,61,65,70-71,75-76H,3-9,11,13-60,62-64,66-69H2,1-2H3,(H,74,77)/b12-10-,65-61+. The summed E-state index contributed by atoms with van der Waals surface area (Å²) in [7, 11) is 0. The maximum Gasteiger partial charge on any atom is 0.305 e. The second-order valence-corrected chi connectivity index (χ2v) is 24.9. The molecule has 6 heteroatoms. The number of hydrogen-bond acceptors (Lipinski definition) is 5. The summed E-state index contributed by atoms with van der Waals surface area (Å²) in [6, 6.07) is -0.625. The molecule has 0 saturated heterocycles. The molecule has 0 bridgehead atoms. The monoisotopic (exact) mass is 1110 g/mol. The lowest BCUT2D eigenvalue weighted by Gasteiger charge is -2.20. The molecule has 0 fully saturated rings. The van der Waals surface area contributed by atoms with E-state index in [1.54, 1.807) is 6.08 Å². The van der Waals surface area contributed by atoms with Gasteiger partial charge in [0.15, 0.2) is 0 Å². The van der Waals surface area contributed by atoms with Gasteiger partial charge in [-0.15, -0.1) is 0 Å². The van der Waals surface area contributed by atoms with Crippen LogP contribution in [0.2, 0.25) is 0 Å². The van der Waals surface area contributed by atoms with E-state index in [9.17, 15) is 19.8 Å². The zero-order valence-corrected chi connectivity index (χ0v) is 53.6. The van der Waals surface area contributed by atoms with Gasteiger partial charge in [0, 0.05) is 12.8 Å². The number of carbonyl (C=O) groups excluding carboxylic acids is 2. The molecule has 0 aromatic heterocycles. The van der Waals surface area contributed by atoms with Gasteiger partial charge in [-0.05, 0) is 51.4 Å². The van der Waals surface area contributed by atoms with Crippen LogP contribution in [0.4, 0.5) is 0 Å². The fraction of sp³-hybridized carbons (Fsp3) is 0.918. The highest BCUT2D eigenvalue weighted by molar-refractivity contribution is 5.76. The lowest BCUT2D eigenvalue weighted by Crippen LogP contribution is -2.45. The van der Waals surface area contributed by atoms with Crippen LogP contribution in [0, 0.1) is 0 Å². The second kappa shape index (κ2) is 68.8. The van der Waals surface area contributed by atoms with E-state index in [-0.39, 0.29) is 18.5 Å². The Labute approximate surface area is 494 Å². The third-order valence-corrected chi connectivity index (χ3v) is 17.0. The Balaban J connectivity index is 3.36. The number of carbonyl (C=O) groups is 2. The fourth-order valence-electron chi connectivity index (χ4n) is 11.4. The molecule has 0 heterocycles. The van der Waals surface area contributed by atoms with Crippen LogP contribution in [0.3, 0.4) is 0 Å². The van der Waals surface area contributed by atoms with Gasteiger partial charge in [-0.25, -0.2) is 0 Å². The zero-order chi connectivity index (χ0) is 57.1. The number of amides is 1. The first-order valence-electron chi connectivity index (χ1n) is 36.1. The minimum absolute atomic E-state index is 0.00924. The summed E-state index contributed by atoms with van der Waals surface area (Å²) in [5.74, 6) is -0.0506. The summed E-state index contributed by atoms with van der Waals surface area (Å²) in [6.45, 7) is 4.91. The van der Waals surface area contributed by atoms with Crippen molar-refractivity contribution in [2.24, 2.45) is 0 Å². The van der Waals surface area contributed by atoms with Crippen LogP contribution in [0.25, 0.3) is 0 Å². The quantitative estimate of drug-likeness (QED) is 0.0320. The van der Waals surface area contributed by atoms with Crippen molar-refractivity contribution in [3.05, 3.63) is 24.3 Å². The molecular formula is C73H141NO5. The molecule has 3 N–H and O–H groups in total. The van der Waals surface area contributed by atoms with Crippen molar-refractivity contribution in [3.63, 3.8) is 0 Å². The third-order valence-electron chi connectivity index (χ3n) is 17.0. The van der Waals surface area contributed by atoms with E-state index in [1.165, 1.54) is 334 Å². The molecule has 2 atom stereocenters. The average Bonchev–Trinajstić information content (AvgIpc) is 3.45. The molecule has 0 aliphatic carbocycles. The molecule has 0 aromatic rings. The van der Waals surface area contributed by atoms with E-state index in [4.69, 9.17) is 4.74 Å². The van der Waals surface area contributed by atoms with Gasteiger partial charge >= 0.3 is 5.97 Å². The zero-order valence-electron chi connectivity index (χ0n) is 53.6. The normalized spacial score (nSPS) is 12.6. The van der Waals surface area contributed by atoms with Crippen molar-refractivity contribution in [3.8, 4) is 0 Å². The molecule has 0 radical (unpaired) electrons. The molecule has 0 rings (SSSR count). The van der Waals surface area contributed by atoms with Gasteiger partial charge in [-0.1, -0.05) is 366 Å². The first-order chi connectivity index (χ1) is 39.0. The number of allylic oxidation sites excluding steroid dienone is 3. The predicted molar refractivity (Wildman–Crippen MR) is 347 cm³/mol. The Kier molecular flexibility index (Phi) is 67.4. The van der Waals surface area contributed by atoms with E-state index in [0.717, 1.165) is 44.9 Å². The number of unbranched alkanes of at least 4 members (excludes halogenated alkanes) is 55. The van der Waals surface area contributed by atoms with Crippen LogP contribution in [0.5, 0.6) is 0 Å². The molecule has 0 spiro atoms. The molecule has 0 aromatic carbocycles. The van der Waals surface area contributed by atoms with Crippen LogP contribution >= 0.6 is 0 Å². The molecule has 0 aliphatic heterocycles. The molecule has 0 saturated carbocycles. The minimum atomic E-state index is -0.842. The highest BCUT2D eigenvalue weighted by atomic mass is 16.5. The van der Waals surface area contributed by atoms with Gasteiger partial charge in [-0.2, -0.15) is 0 Å². The first kappa shape index (κ1) is 77.3. The van der Waals surface area contributed by atoms with E-state index in [1.807, 2.05) is 6.08 Å². The second-order valence-electron chi connectivity index (χ2n) is 24.9. The van der Waals surface area contributed by atoms with Crippen LogP contribution in [0.1, 0.15) is 406 Å². The summed E-state index contributed by atoms with van der Waals surface area (Å²) in [4.78, 5) is 24.5. The van der Waals surface area contributed by atoms with Crippen molar-refractivity contribution >= 4 is 11.9 Å². The van der Waals surface area contributed by atoms with Crippen molar-refractivity contribution in [2.45, 2.75) is 418 Å². The smallest absolute Gasteiger partial charge is 0.305 e. The molecule has 79 heavy (non-hydrogen) atoms. The van der Waals surface area contributed by atoms with Gasteiger partial charge < -0.3 is 20.3 Å². The predicted octanol–water partition coefficient (Wildman–Crippen LogP) is 23.3. The molecule has 6 nitrogen and oxygen atoms in total. The lowest BCUT2D eigenvalue weighted by atomic mass is 10.0. The van der Waals surface area contributed by atoms with E-state index in [2.05, 4.69) is 31.3 Å². The Bertz CT molecular complexity index is 1230. The summed E-state index contributed by atoms with van der Waals surface area (Å²) in [5, 5.41) is 23.3. The van der Waals surface area contributed by atoms with Crippen molar-refractivity contribution in [1.29, 1.82) is 0 Å². The SMILES string of the molecule is CCCC/C=C\CCCCCCCC(=O)OCCCCCCCCCCCCCCCCCCCCCCCCCCCCCCCCC(=O)NC(CO)C(O)/C=C/CCCCCCCCCCCCCCCCCCCCC. The fourth-order valence-corrected chi connectivity index (χ4v) is 11.4. The minimum Gasteiger partial charge on any atom is -0.466 e. The average molecular weight is 1110 g/mol. The van der Waals surface area contributed by atoms with Crippen LogP contribution in [0.15, 0.2) is 24.3 Å². The van der Waals surface area contributed by atoms with Crippen molar-refractivity contribution in [1.82, 2.24) is 5.32 Å². The highest BCUT2D eigenvalue weighted by Gasteiger charge is 2.18. The molecule has 2 unspecified atom stereocenters. The lowest BCUT2D eigenvalue weighted by molar-refractivity contribution is -0.143. The van der Waals surface area contributed by atoms with Gasteiger partial charge in [0.2, 0.25) is 5.91 Å². The van der Waals surface area contributed by atoms with Gasteiger partial charge in [0.1, 0.15) is 0 Å². The Morgan fingerprint density at radius 2 is 0.608 bits per heavy atom. The molecule has 1 amide bonds. The van der Waals surface area contributed by atoms with Gasteiger partial charge in [0.05, 0.1) is 25.4 Å². The summed E-state index contributed by atoms with van der Waals surface area (Å²) in [6.07, 6.45) is 87.0. The Hall–Kier alpha value is -1.66. The van der Waals surface area contributed by atoms with E-state index < -0.39 is 12.1 Å². The Morgan fingerprint density at radius 1 is 0.342 bits per heavy atom. The van der Waals surface area contributed by atoms with Crippen LogP contribution in [-0.4, -0.2) is 47.4 Å². The van der Waals surface area contributed by atoms with Crippen molar-refractivity contribution < 1.29 is 24.5 Å². The Morgan fingerprint density at radius 3 is 0.937 bits per heavy atom. The maximum absolute atomic E-state index is 12.5. The topological polar surface area (TPSA) is 95.9 Å². The van der Waals surface area contributed by atoms with Gasteiger partial charge in [-0.3, -0.25) is 9.59 Å². The third kappa shape index (κ3) is 65.4. The number of rotatable bonds is 68. The van der Waals surface area contributed by atoms with Crippen LogP contribution in [-0.2, 0) is 14.3 Å². The van der Waals surface area contributed by atoms with Gasteiger partial charge in [0.25, 0.3) is 0 Å². The first-order valence-corrected chi connectivity index (χ1v) is 36.1. The van der Waals surface area contributed by atoms with Crippen LogP contribution < -0.4 is 5.32 Å². The summed E-state index contributed by atoms with van der Waals surface area (Å²) < 4.78 is 5.47. The van der Waals surface area contributed by atoms with E-state index >= 15 is 0 Å². The number of nitrogens with one attached hydrogen (secondary N) is 1. The molecule has 468 valence electrons. The maximum atomic E-state index is 12.5. The number of hydrogen-bond donors (Lipinski definition) is 3. The highest BCUT2D eigenvalue weighted by Crippen LogP contribution is 2.19.